The molecule has 1 atom stereocenters. The number of carbonyl (C=O) groups excluding carboxylic acids is 1. The second-order valence-electron chi connectivity index (χ2n) is 4.04. The molecule has 1 aliphatic rings. The molecule has 92 valence electrons. The molecule has 1 aromatic rings. The fraction of sp³-hybridized carbons (Fsp3) is 0.273. The van der Waals surface area contributed by atoms with E-state index in [4.69, 9.17) is 11.0 Å². The van der Waals surface area contributed by atoms with E-state index in [0.29, 0.717) is 12.2 Å². The Morgan fingerprint density at radius 2 is 2.28 bits per heavy atom. The topological polar surface area (TPSA) is 113 Å². The van der Waals surface area contributed by atoms with Crippen molar-refractivity contribution >= 4 is 17.3 Å². The lowest BCUT2D eigenvalue weighted by Crippen LogP contribution is -2.28. The van der Waals surface area contributed by atoms with Gasteiger partial charge in [0.05, 0.1) is 16.2 Å². The fourth-order valence-electron chi connectivity index (χ4n) is 1.93. The minimum absolute atomic E-state index is 0.103. The number of nitrogens with two attached hydrogens (primary N) is 1. The van der Waals surface area contributed by atoms with Gasteiger partial charge in [-0.3, -0.25) is 14.9 Å². The number of nitrogens with zero attached hydrogens (tertiary/aromatic N) is 3. The first-order valence-electron chi connectivity index (χ1n) is 5.27. The second-order valence-corrected chi connectivity index (χ2v) is 4.04. The number of non-ortho nitro benzene ring substituents is 1. The average Bonchev–Trinajstić information content (AvgIpc) is 2.67. The summed E-state index contributed by atoms with van der Waals surface area (Å²) in [6, 6.07) is 5.44. The summed E-state index contributed by atoms with van der Waals surface area (Å²) in [6.07, 6.45) is 0.224. The van der Waals surface area contributed by atoms with Gasteiger partial charge in [0, 0.05) is 31.1 Å². The van der Waals surface area contributed by atoms with Crippen LogP contribution in [0.3, 0.4) is 0 Å². The summed E-state index contributed by atoms with van der Waals surface area (Å²) in [7, 11) is 0. The van der Waals surface area contributed by atoms with E-state index in [1.807, 2.05) is 6.07 Å². The molecule has 1 aliphatic heterocycles. The Hall–Kier alpha value is -2.46. The predicted molar refractivity (Wildman–Crippen MR) is 62.8 cm³/mol. The van der Waals surface area contributed by atoms with Crippen molar-refractivity contribution in [1.82, 2.24) is 0 Å². The molecule has 18 heavy (non-hydrogen) atoms. The summed E-state index contributed by atoms with van der Waals surface area (Å²) in [5.74, 6) is -0.173. The van der Waals surface area contributed by atoms with Crippen molar-refractivity contribution in [2.24, 2.45) is 5.73 Å². The van der Waals surface area contributed by atoms with Crippen LogP contribution in [-0.2, 0) is 4.79 Å². The summed E-state index contributed by atoms with van der Waals surface area (Å²) in [5.41, 5.74) is 5.97. The molecule has 1 aromatic carbocycles. The number of nitriles is 1. The van der Waals surface area contributed by atoms with Crippen LogP contribution in [-0.4, -0.2) is 23.4 Å². The van der Waals surface area contributed by atoms with Crippen LogP contribution in [0.15, 0.2) is 18.2 Å². The van der Waals surface area contributed by atoms with Gasteiger partial charge in [-0.05, 0) is 6.07 Å². The number of nitro benzene ring substituents is 1. The highest BCUT2D eigenvalue weighted by Gasteiger charge is 2.30. The maximum atomic E-state index is 11.7. The van der Waals surface area contributed by atoms with Gasteiger partial charge in [-0.25, -0.2) is 0 Å². The molecule has 0 bridgehead atoms. The van der Waals surface area contributed by atoms with Crippen LogP contribution in [0.5, 0.6) is 0 Å². The number of benzene rings is 1. The molecule has 0 aromatic heterocycles. The van der Waals surface area contributed by atoms with Gasteiger partial charge in [0.2, 0.25) is 5.91 Å². The van der Waals surface area contributed by atoms with E-state index in [1.165, 1.54) is 17.0 Å². The molecule has 0 radical (unpaired) electrons. The Morgan fingerprint density at radius 3 is 2.78 bits per heavy atom. The SMILES string of the molecule is N#Cc1cc([N+](=O)[O-])ccc1N1CC(N)CC1=O. The molecule has 1 unspecified atom stereocenters. The maximum absolute atomic E-state index is 11.7. The third-order valence-corrected chi connectivity index (χ3v) is 2.76. The smallest absolute Gasteiger partial charge is 0.270 e. The van der Waals surface area contributed by atoms with E-state index in [9.17, 15) is 14.9 Å². The van der Waals surface area contributed by atoms with Crippen LogP contribution in [0.4, 0.5) is 11.4 Å². The number of anilines is 1. The largest absolute Gasteiger partial charge is 0.326 e. The highest BCUT2D eigenvalue weighted by molar-refractivity contribution is 5.97. The number of rotatable bonds is 2. The van der Waals surface area contributed by atoms with Crippen molar-refractivity contribution < 1.29 is 9.72 Å². The van der Waals surface area contributed by atoms with Crippen LogP contribution >= 0.6 is 0 Å². The molecule has 1 fully saturated rings. The second kappa shape index (κ2) is 4.43. The van der Waals surface area contributed by atoms with Crippen LogP contribution < -0.4 is 10.6 Å². The molecular formula is C11H10N4O3. The van der Waals surface area contributed by atoms with Crippen molar-refractivity contribution in [3.63, 3.8) is 0 Å². The summed E-state index contributed by atoms with van der Waals surface area (Å²) in [4.78, 5) is 23.1. The summed E-state index contributed by atoms with van der Waals surface area (Å²) < 4.78 is 0. The predicted octanol–water partition coefficient (Wildman–Crippen LogP) is 0.530. The zero-order valence-electron chi connectivity index (χ0n) is 9.37. The van der Waals surface area contributed by atoms with Crippen molar-refractivity contribution in [2.75, 3.05) is 11.4 Å². The minimum Gasteiger partial charge on any atom is -0.326 e. The highest BCUT2D eigenvalue weighted by atomic mass is 16.6. The van der Waals surface area contributed by atoms with E-state index in [0.717, 1.165) is 6.07 Å². The molecule has 7 heteroatoms. The minimum atomic E-state index is -0.581. The monoisotopic (exact) mass is 246 g/mol. The van der Waals surface area contributed by atoms with E-state index in [2.05, 4.69) is 0 Å². The molecular weight excluding hydrogens is 236 g/mol. The van der Waals surface area contributed by atoms with Gasteiger partial charge in [0.25, 0.3) is 5.69 Å². The Balaban J connectivity index is 2.43. The number of nitro groups is 1. The number of hydrogen-bond acceptors (Lipinski definition) is 5. The number of carbonyl (C=O) groups is 1. The Labute approximate surface area is 103 Å². The molecule has 1 amide bonds. The lowest BCUT2D eigenvalue weighted by Gasteiger charge is -2.17. The van der Waals surface area contributed by atoms with Crippen LogP contribution in [0.2, 0.25) is 0 Å². The van der Waals surface area contributed by atoms with Gasteiger partial charge >= 0.3 is 0 Å². The molecule has 0 spiro atoms. The Morgan fingerprint density at radius 1 is 1.56 bits per heavy atom. The van der Waals surface area contributed by atoms with Gasteiger partial charge < -0.3 is 10.6 Å². The molecule has 2 rings (SSSR count). The third kappa shape index (κ3) is 2.01. The maximum Gasteiger partial charge on any atom is 0.270 e. The van der Waals surface area contributed by atoms with Crippen molar-refractivity contribution in [3.8, 4) is 6.07 Å². The molecule has 1 heterocycles. The first-order valence-corrected chi connectivity index (χ1v) is 5.27. The zero-order chi connectivity index (χ0) is 13.3. The average molecular weight is 246 g/mol. The Bertz CT molecular complexity index is 564. The first-order chi connectivity index (χ1) is 8.52. The van der Waals surface area contributed by atoms with Gasteiger partial charge in [-0.15, -0.1) is 0 Å². The summed E-state index contributed by atoms with van der Waals surface area (Å²) in [6.45, 7) is 0.325. The van der Waals surface area contributed by atoms with Gasteiger partial charge in [-0.1, -0.05) is 0 Å². The molecule has 2 N–H and O–H groups in total. The van der Waals surface area contributed by atoms with E-state index in [1.54, 1.807) is 0 Å². The lowest BCUT2D eigenvalue weighted by atomic mass is 10.1. The van der Waals surface area contributed by atoms with Gasteiger partial charge in [-0.2, -0.15) is 5.26 Å². The van der Waals surface area contributed by atoms with E-state index >= 15 is 0 Å². The van der Waals surface area contributed by atoms with Crippen LogP contribution in [0.1, 0.15) is 12.0 Å². The van der Waals surface area contributed by atoms with Crippen LogP contribution in [0, 0.1) is 21.4 Å². The van der Waals surface area contributed by atoms with Gasteiger partial charge in [0.15, 0.2) is 0 Å². The summed E-state index contributed by atoms with van der Waals surface area (Å²) >= 11 is 0. The quantitative estimate of drug-likeness (QED) is 0.604. The lowest BCUT2D eigenvalue weighted by molar-refractivity contribution is -0.384. The van der Waals surface area contributed by atoms with Crippen molar-refractivity contribution in [1.29, 1.82) is 5.26 Å². The molecule has 1 saturated heterocycles. The first kappa shape index (κ1) is 12.0. The van der Waals surface area contributed by atoms with E-state index < -0.39 is 4.92 Å². The molecule has 0 aliphatic carbocycles. The highest BCUT2D eigenvalue weighted by Crippen LogP contribution is 2.28. The zero-order valence-corrected chi connectivity index (χ0v) is 9.37. The normalized spacial score (nSPS) is 18.8. The molecule has 0 saturated carbocycles. The molecule has 7 nitrogen and oxygen atoms in total. The third-order valence-electron chi connectivity index (χ3n) is 2.76. The van der Waals surface area contributed by atoms with Crippen molar-refractivity contribution in [3.05, 3.63) is 33.9 Å². The Kier molecular flexibility index (Phi) is 2.95. The van der Waals surface area contributed by atoms with Crippen LogP contribution in [0.25, 0.3) is 0 Å². The van der Waals surface area contributed by atoms with E-state index in [-0.39, 0.29) is 29.6 Å². The standard InChI is InChI=1S/C11H10N4O3/c12-5-7-3-9(15(17)18)1-2-10(7)14-6-8(13)4-11(14)16/h1-3,8H,4,6,13H2. The number of amides is 1. The fourth-order valence-corrected chi connectivity index (χ4v) is 1.93. The number of hydrogen-bond donors (Lipinski definition) is 1. The van der Waals surface area contributed by atoms with Gasteiger partial charge in [0.1, 0.15) is 6.07 Å². The summed E-state index contributed by atoms with van der Waals surface area (Å²) in [5, 5.41) is 19.6. The van der Waals surface area contributed by atoms with Crippen molar-refractivity contribution in [2.45, 2.75) is 12.5 Å².